The van der Waals surface area contributed by atoms with Gasteiger partial charge >= 0.3 is 6.18 Å². The molecule has 0 aromatic carbocycles. The number of nitrogens with two attached hydrogens (primary N) is 1. The average molecular weight is 416 g/mol. The van der Waals surface area contributed by atoms with Crippen LogP contribution in [0.1, 0.15) is 26.1 Å². The molecule has 0 radical (unpaired) electrons. The fraction of sp³-hybridized carbons (Fsp3) is 0.667. The number of carbonyl (C=O) groups excluding carboxylic acids is 2. The summed E-state index contributed by atoms with van der Waals surface area (Å²) in [6.45, 7) is 2.58. The monoisotopic (exact) mass is 415 g/mol. The van der Waals surface area contributed by atoms with Crippen molar-refractivity contribution in [3.63, 3.8) is 0 Å². The summed E-state index contributed by atoms with van der Waals surface area (Å²) in [5, 5.41) is 14.6. The van der Waals surface area contributed by atoms with Gasteiger partial charge in [0.1, 0.15) is 5.82 Å². The van der Waals surface area contributed by atoms with E-state index in [-0.39, 0.29) is 18.3 Å². The molecule has 0 fully saturated rings. The van der Waals surface area contributed by atoms with E-state index in [9.17, 15) is 27.9 Å². The Balaban J connectivity index is 0.00000676. The zero-order chi connectivity index (χ0) is 20.1. The molecular formula is C15H25ClF3N5O3. The van der Waals surface area contributed by atoms with E-state index in [1.165, 1.54) is 13.2 Å². The van der Waals surface area contributed by atoms with Crippen molar-refractivity contribution < 1.29 is 27.9 Å². The molecule has 2 amide bonds. The number of aromatic nitrogens is 2. The molecule has 0 bridgehead atoms. The summed E-state index contributed by atoms with van der Waals surface area (Å²) in [4.78, 5) is 26.9. The molecule has 0 aliphatic rings. The summed E-state index contributed by atoms with van der Waals surface area (Å²) in [6.07, 6.45) is -3.39. The van der Waals surface area contributed by atoms with Gasteiger partial charge in [0.2, 0.25) is 17.4 Å². The number of rotatable bonds is 8. The van der Waals surface area contributed by atoms with Crippen LogP contribution in [0.4, 0.5) is 13.2 Å². The number of amides is 2. The summed E-state index contributed by atoms with van der Waals surface area (Å²) in [5.74, 6) is -1.93. The molecule has 27 heavy (non-hydrogen) atoms. The third-order valence-electron chi connectivity index (χ3n) is 3.91. The summed E-state index contributed by atoms with van der Waals surface area (Å²) >= 11 is 0. The molecule has 1 heterocycles. The standard InChI is InChI=1S/C15H24F3N5O3.ClH/c1-9(2)11(19)12(25)22-8-10(24)20-5-4-14(26,15(16,17)18)13-21-6-7-23(13)3;/h6-7,9,11,26H,4-5,8,19H2,1-3H3,(H,20,24)(H,22,25);1H/t11-,14?;/m0./s1. The smallest absolute Gasteiger partial charge is 0.374 e. The topological polar surface area (TPSA) is 122 Å². The van der Waals surface area contributed by atoms with Gasteiger partial charge in [0.15, 0.2) is 0 Å². The van der Waals surface area contributed by atoms with Crippen molar-refractivity contribution in [2.45, 2.75) is 38.1 Å². The maximum atomic E-state index is 13.3. The maximum absolute atomic E-state index is 13.3. The van der Waals surface area contributed by atoms with Crippen molar-refractivity contribution in [3.05, 3.63) is 18.2 Å². The van der Waals surface area contributed by atoms with Crippen LogP contribution in [0, 0.1) is 5.92 Å². The molecular weight excluding hydrogens is 391 g/mol. The average Bonchev–Trinajstić information content (AvgIpc) is 2.96. The summed E-state index contributed by atoms with van der Waals surface area (Å²) in [5.41, 5.74) is 2.40. The SMILES string of the molecule is CC(C)[C@H](N)C(=O)NCC(=O)NCCC(O)(c1nccn1C)C(F)(F)F.Cl. The van der Waals surface area contributed by atoms with Crippen LogP contribution in [0.25, 0.3) is 0 Å². The number of aliphatic hydroxyl groups is 1. The highest BCUT2D eigenvalue weighted by atomic mass is 35.5. The second kappa shape index (κ2) is 9.90. The van der Waals surface area contributed by atoms with Gasteiger partial charge in [-0.3, -0.25) is 9.59 Å². The lowest BCUT2D eigenvalue weighted by Gasteiger charge is -2.30. The van der Waals surface area contributed by atoms with Gasteiger partial charge in [-0.05, 0) is 5.92 Å². The number of nitrogens with one attached hydrogen (secondary N) is 2. The molecule has 1 aromatic heterocycles. The molecule has 0 saturated carbocycles. The largest absolute Gasteiger partial charge is 0.424 e. The minimum atomic E-state index is -4.98. The van der Waals surface area contributed by atoms with Gasteiger partial charge in [0, 0.05) is 32.4 Å². The Kier molecular flexibility index (Phi) is 9.23. The van der Waals surface area contributed by atoms with Crippen LogP contribution in [0.2, 0.25) is 0 Å². The molecule has 0 spiro atoms. The predicted molar refractivity (Wildman–Crippen MR) is 93.9 cm³/mol. The first-order chi connectivity index (χ1) is 11.9. The molecule has 12 heteroatoms. The van der Waals surface area contributed by atoms with Crippen molar-refractivity contribution in [3.8, 4) is 0 Å². The third kappa shape index (κ3) is 6.36. The number of hydrogen-bond acceptors (Lipinski definition) is 5. The first kappa shape index (κ1) is 25.1. The van der Waals surface area contributed by atoms with E-state index in [2.05, 4.69) is 15.6 Å². The molecule has 8 nitrogen and oxygen atoms in total. The molecule has 1 rings (SSSR count). The van der Waals surface area contributed by atoms with Crippen LogP contribution in [0.5, 0.6) is 0 Å². The summed E-state index contributed by atoms with van der Waals surface area (Å²) in [7, 11) is 1.32. The first-order valence-electron chi connectivity index (χ1n) is 7.97. The lowest BCUT2D eigenvalue weighted by atomic mass is 9.97. The van der Waals surface area contributed by atoms with E-state index in [1.807, 2.05) is 0 Å². The van der Waals surface area contributed by atoms with E-state index < -0.39 is 55.0 Å². The van der Waals surface area contributed by atoms with Crippen molar-refractivity contribution in [2.24, 2.45) is 18.7 Å². The van der Waals surface area contributed by atoms with Gasteiger partial charge in [0.25, 0.3) is 0 Å². The van der Waals surface area contributed by atoms with E-state index >= 15 is 0 Å². The lowest BCUT2D eigenvalue weighted by molar-refractivity contribution is -0.272. The Morgan fingerprint density at radius 1 is 1.33 bits per heavy atom. The minimum Gasteiger partial charge on any atom is -0.374 e. The minimum absolute atomic E-state index is 0. The first-order valence-corrected chi connectivity index (χ1v) is 7.97. The van der Waals surface area contributed by atoms with Crippen molar-refractivity contribution in [1.29, 1.82) is 0 Å². The third-order valence-corrected chi connectivity index (χ3v) is 3.91. The predicted octanol–water partition coefficient (Wildman–Crippen LogP) is 0.198. The number of imidazole rings is 1. The fourth-order valence-corrected chi connectivity index (χ4v) is 2.18. The molecule has 0 aliphatic carbocycles. The molecule has 156 valence electrons. The number of halogens is 4. The fourth-order valence-electron chi connectivity index (χ4n) is 2.18. The Morgan fingerprint density at radius 3 is 2.37 bits per heavy atom. The molecule has 1 aromatic rings. The van der Waals surface area contributed by atoms with Gasteiger partial charge in [-0.25, -0.2) is 4.98 Å². The van der Waals surface area contributed by atoms with Gasteiger partial charge in [-0.2, -0.15) is 13.2 Å². The number of aryl methyl sites for hydroxylation is 1. The molecule has 1 unspecified atom stereocenters. The van der Waals surface area contributed by atoms with E-state index in [1.54, 1.807) is 13.8 Å². The maximum Gasteiger partial charge on any atom is 0.424 e. The van der Waals surface area contributed by atoms with Crippen molar-refractivity contribution >= 4 is 24.2 Å². The van der Waals surface area contributed by atoms with Gasteiger partial charge < -0.3 is 26.0 Å². The van der Waals surface area contributed by atoms with Gasteiger partial charge in [-0.1, -0.05) is 13.8 Å². The highest BCUT2D eigenvalue weighted by Gasteiger charge is 2.57. The molecule has 0 aliphatic heterocycles. The van der Waals surface area contributed by atoms with Crippen LogP contribution < -0.4 is 16.4 Å². The number of nitrogens with zero attached hydrogens (tertiary/aromatic N) is 2. The quantitative estimate of drug-likeness (QED) is 0.483. The normalized spacial score (nSPS) is 14.9. The zero-order valence-electron chi connectivity index (χ0n) is 15.2. The van der Waals surface area contributed by atoms with E-state index in [0.29, 0.717) is 0 Å². The molecule has 0 saturated heterocycles. The number of carbonyl (C=O) groups is 2. The second-order valence-corrected chi connectivity index (χ2v) is 6.31. The van der Waals surface area contributed by atoms with E-state index in [0.717, 1.165) is 10.8 Å². The summed E-state index contributed by atoms with van der Waals surface area (Å²) in [6, 6.07) is -0.790. The van der Waals surface area contributed by atoms with Crippen LogP contribution in [0.3, 0.4) is 0 Å². The Labute approximate surface area is 161 Å². The molecule has 5 N–H and O–H groups in total. The van der Waals surface area contributed by atoms with Crippen LogP contribution in [-0.2, 0) is 22.2 Å². The Hall–Kier alpha value is -1.85. The molecule has 2 atom stereocenters. The van der Waals surface area contributed by atoms with E-state index in [4.69, 9.17) is 5.73 Å². The van der Waals surface area contributed by atoms with Gasteiger partial charge in [-0.15, -0.1) is 12.4 Å². The highest BCUT2D eigenvalue weighted by Crippen LogP contribution is 2.40. The second-order valence-electron chi connectivity index (χ2n) is 6.31. The van der Waals surface area contributed by atoms with Crippen LogP contribution >= 0.6 is 12.4 Å². The number of hydrogen-bond donors (Lipinski definition) is 4. The van der Waals surface area contributed by atoms with Crippen LogP contribution in [0.15, 0.2) is 12.4 Å². The Morgan fingerprint density at radius 2 is 1.93 bits per heavy atom. The highest BCUT2D eigenvalue weighted by molar-refractivity contribution is 5.87. The van der Waals surface area contributed by atoms with Gasteiger partial charge in [0.05, 0.1) is 12.6 Å². The zero-order valence-corrected chi connectivity index (χ0v) is 16.0. The van der Waals surface area contributed by atoms with Crippen molar-refractivity contribution in [2.75, 3.05) is 13.1 Å². The van der Waals surface area contributed by atoms with Crippen molar-refractivity contribution in [1.82, 2.24) is 20.2 Å². The summed E-state index contributed by atoms with van der Waals surface area (Å²) < 4.78 is 41.0. The van der Waals surface area contributed by atoms with Crippen LogP contribution in [-0.4, -0.2) is 51.8 Å². The number of alkyl halides is 3. The lowest BCUT2D eigenvalue weighted by Crippen LogP contribution is -2.49. The Bertz CT molecular complexity index is 638.